The highest BCUT2D eigenvalue weighted by Gasteiger charge is 2.43. The molecule has 0 bridgehead atoms. The summed E-state index contributed by atoms with van der Waals surface area (Å²) in [6.07, 6.45) is 13.6. The molecule has 0 saturated carbocycles. The third kappa shape index (κ3) is 6.38. The number of unbranched alkanes of at least 4 members (excludes halogenated alkanes) is 3. The van der Waals surface area contributed by atoms with Gasteiger partial charge in [0.2, 0.25) is 0 Å². The van der Waals surface area contributed by atoms with Crippen LogP contribution in [0.3, 0.4) is 0 Å². The summed E-state index contributed by atoms with van der Waals surface area (Å²) in [5.41, 5.74) is 0.878. The van der Waals surface area contributed by atoms with Gasteiger partial charge in [-0.15, -0.1) is 0 Å². The quantitative estimate of drug-likeness (QED) is 0.375. The normalized spacial score (nSPS) is 27.9. The standard InChI is InChI=1S/C26H50N4/c1-23(2)17-21(18-24(3,4)29(23)9)27-15-13-11-12-14-16-28-22-19-25(5,6)30(10)26(7,8)20-22/h15-16,21-22H,11-14,17-20H2,1-10H3. The molecule has 0 atom stereocenters. The molecule has 0 spiro atoms. The lowest BCUT2D eigenvalue weighted by Gasteiger charge is -2.52. The first-order chi connectivity index (χ1) is 13.7. The van der Waals surface area contributed by atoms with Gasteiger partial charge in [-0.05, 0) is 133 Å². The van der Waals surface area contributed by atoms with Gasteiger partial charge in [-0.3, -0.25) is 19.8 Å². The number of hydrogen-bond donors (Lipinski definition) is 0. The van der Waals surface area contributed by atoms with Gasteiger partial charge in [0.15, 0.2) is 0 Å². The summed E-state index contributed by atoms with van der Waals surface area (Å²) in [6, 6.07) is 0.924. The molecule has 0 aliphatic carbocycles. The third-order valence-electron chi connectivity index (χ3n) is 8.12. The zero-order valence-electron chi connectivity index (χ0n) is 21.8. The molecular weight excluding hydrogens is 368 g/mol. The van der Waals surface area contributed by atoms with Crippen molar-refractivity contribution >= 4 is 12.4 Å². The fraction of sp³-hybridized carbons (Fsp3) is 0.923. The molecule has 2 rings (SSSR count). The van der Waals surface area contributed by atoms with Gasteiger partial charge in [0.05, 0.1) is 12.1 Å². The average molecular weight is 419 g/mol. The van der Waals surface area contributed by atoms with Gasteiger partial charge in [0.1, 0.15) is 0 Å². The van der Waals surface area contributed by atoms with Crippen LogP contribution in [0.25, 0.3) is 0 Å². The Labute approximate surface area is 187 Å². The number of nitrogens with zero attached hydrogens (tertiary/aromatic N) is 4. The molecule has 2 aliphatic rings. The molecule has 0 aromatic heterocycles. The van der Waals surface area contributed by atoms with E-state index >= 15 is 0 Å². The van der Waals surface area contributed by atoms with E-state index in [1.54, 1.807) is 0 Å². The van der Waals surface area contributed by atoms with E-state index in [0.717, 1.165) is 38.5 Å². The first kappa shape index (κ1) is 25.5. The number of hydrogen-bond acceptors (Lipinski definition) is 4. The molecule has 2 saturated heterocycles. The van der Waals surface area contributed by atoms with Crippen LogP contribution in [0, 0.1) is 0 Å². The first-order valence-corrected chi connectivity index (χ1v) is 12.2. The second kappa shape index (κ2) is 9.40. The minimum absolute atomic E-state index is 0.220. The summed E-state index contributed by atoms with van der Waals surface area (Å²) in [7, 11) is 4.52. The van der Waals surface area contributed by atoms with Crippen LogP contribution >= 0.6 is 0 Å². The number of aliphatic imine (C=N–C) groups is 2. The zero-order chi connectivity index (χ0) is 22.8. The van der Waals surface area contributed by atoms with Crippen molar-refractivity contribution in [2.24, 2.45) is 9.98 Å². The van der Waals surface area contributed by atoms with Gasteiger partial charge in [-0.25, -0.2) is 0 Å². The Balaban J connectivity index is 1.70. The molecule has 0 aromatic carbocycles. The monoisotopic (exact) mass is 418 g/mol. The van der Waals surface area contributed by atoms with Crippen LogP contribution in [0.2, 0.25) is 0 Å². The van der Waals surface area contributed by atoms with E-state index < -0.39 is 0 Å². The Bertz CT molecular complexity index is 525. The van der Waals surface area contributed by atoms with Gasteiger partial charge < -0.3 is 0 Å². The molecule has 0 amide bonds. The predicted molar refractivity (Wildman–Crippen MR) is 133 cm³/mol. The molecule has 30 heavy (non-hydrogen) atoms. The second-order valence-electron chi connectivity index (χ2n) is 12.4. The van der Waals surface area contributed by atoms with Gasteiger partial charge in [-0.1, -0.05) is 0 Å². The Morgan fingerprint density at radius 1 is 0.600 bits per heavy atom. The molecule has 2 aliphatic heterocycles. The predicted octanol–water partition coefficient (Wildman–Crippen LogP) is 5.99. The molecule has 174 valence electrons. The van der Waals surface area contributed by atoms with E-state index in [-0.39, 0.29) is 22.2 Å². The number of likely N-dealkylation sites (tertiary alicyclic amines) is 2. The van der Waals surface area contributed by atoms with Crippen LogP contribution in [-0.4, -0.2) is 70.6 Å². The Morgan fingerprint density at radius 2 is 0.867 bits per heavy atom. The van der Waals surface area contributed by atoms with Crippen molar-refractivity contribution in [3.05, 3.63) is 0 Å². The van der Waals surface area contributed by atoms with Crippen LogP contribution < -0.4 is 0 Å². The number of piperidine rings is 2. The van der Waals surface area contributed by atoms with Crippen molar-refractivity contribution in [1.29, 1.82) is 0 Å². The topological polar surface area (TPSA) is 31.2 Å². The minimum atomic E-state index is 0.220. The smallest absolute Gasteiger partial charge is 0.0530 e. The molecular formula is C26H50N4. The van der Waals surface area contributed by atoms with Crippen molar-refractivity contribution in [2.75, 3.05) is 14.1 Å². The van der Waals surface area contributed by atoms with Crippen molar-refractivity contribution in [2.45, 2.75) is 141 Å². The van der Waals surface area contributed by atoms with Gasteiger partial charge in [0.25, 0.3) is 0 Å². The summed E-state index contributed by atoms with van der Waals surface area (Å²) in [6.45, 7) is 18.8. The highest BCUT2D eigenvalue weighted by atomic mass is 15.2. The van der Waals surface area contributed by atoms with E-state index in [9.17, 15) is 0 Å². The largest absolute Gasteiger partial charge is 0.296 e. The van der Waals surface area contributed by atoms with E-state index in [0.29, 0.717) is 12.1 Å². The van der Waals surface area contributed by atoms with Crippen molar-refractivity contribution in [3.63, 3.8) is 0 Å². The summed E-state index contributed by atoms with van der Waals surface area (Å²) < 4.78 is 0. The molecule has 0 aromatic rings. The minimum Gasteiger partial charge on any atom is -0.296 e. The highest BCUT2D eigenvalue weighted by Crippen LogP contribution is 2.39. The van der Waals surface area contributed by atoms with Crippen molar-refractivity contribution < 1.29 is 0 Å². The molecule has 2 heterocycles. The summed E-state index contributed by atoms with van der Waals surface area (Å²) in [5, 5.41) is 0. The van der Waals surface area contributed by atoms with Crippen molar-refractivity contribution in [3.8, 4) is 0 Å². The molecule has 4 nitrogen and oxygen atoms in total. The molecule has 0 radical (unpaired) electrons. The maximum absolute atomic E-state index is 4.95. The van der Waals surface area contributed by atoms with Crippen LogP contribution in [0.4, 0.5) is 0 Å². The summed E-state index contributed by atoms with van der Waals surface area (Å²) >= 11 is 0. The van der Waals surface area contributed by atoms with E-state index in [1.165, 1.54) is 12.8 Å². The maximum Gasteiger partial charge on any atom is 0.0530 e. The summed E-state index contributed by atoms with van der Waals surface area (Å²) in [5.74, 6) is 0. The maximum atomic E-state index is 4.95. The van der Waals surface area contributed by atoms with Crippen LogP contribution in [-0.2, 0) is 0 Å². The number of rotatable bonds is 7. The lowest BCUT2D eigenvalue weighted by atomic mass is 9.78. The van der Waals surface area contributed by atoms with Crippen LogP contribution in [0.5, 0.6) is 0 Å². The molecule has 0 N–H and O–H groups in total. The molecule has 2 fully saturated rings. The lowest BCUT2D eigenvalue weighted by Crippen LogP contribution is -2.59. The summed E-state index contributed by atoms with van der Waals surface area (Å²) in [4.78, 5) is 14.9. The lowest BCUT2D eigenvalue weighted by molar-refractivity contribution is -0.0109. The molecule has 0 unspecified atom stereocenters. The SMILES string of the molecule is CN1C(C)(C)CC(N=CCCCCC=NC2CC(C)(C)N(C)C(C)(C)C2)CC1(C)C. The van der Waals surface area contributed by atoms with Gasteiger partial charge >= 0.3 is 0 Å². The van der Waals surface area contributed by atoms with Crippen LogP contribution in [0.1, 0.15) is 107 Å². The first-order valence-electron chi connectivity index (χ1n) is 12.2. The van der Waals surface area contributed by atoms with Gasteiger partial charge in [-0.2, -0.15) is 0 Å². The van der Waals surface area contributed by atoms with E-state index in [2.05, 4.69) is 91.7 Å². The third-order valence-corrected chi connectivity index (χ3v) is 8.12. The average Bonchev–Trinajstić information content (AvgIpc) is 2.59. The van der Waals surface area contributed by atoms with Crippen LogP contribution in [0.15, 0.2) is 9.98 Å². The highest BCUT2D eigenvalue weighted by molar-refractivity contribution is 5.59. The Kier molecular flexibility index (Phi) is 8.00. The fourth-order valence-corrected chi connectivity index (χ4v) is 5.77. The molecule has 4 heteroatoms. The Hall–Kier alpha value is -0.740. The second-order valence-corrected chi connectivity index (χ2v) is 12.4. The van der Waals surface area contributed by atoms with E-state index in [1.807, 2.05) is 0 Å². The van der Waals surface area contributed by atoms with Gasteiger partial charge in [0, 0.05) is 22.2 Å². The van der Waals surface area contributed by atoms with Crippen molar-refractivity contribution in [1.82, 2.24) is 9.80 Å². The fourth-order valence-electron chi connectivity index (χ4n) is 5.77. The zero-order valence-corrected chi connectivity index (χ0v) is 21.8. The Morgan fingerprint density at radius 3 is 1.13 bits per heavy atom. The van der Waals surface area contributed by atoms with E-state index in [4.69, 9.17) is 9.98 Å².